The Hall–Kier alpha value is -0.140. The topological polar surface area (TPSA) is 0 Å². The molecule has 2 aliphatic rings. The van der Waals surface area contributed by atoms with E-state index in [1.165, 1.54) is 0 Å². The largest absolute Gasteiger partial charge is 0.248 e. The van der Waals surface area contributed by atoms with Gasteiger partial charge in [0.25, 0.3) is 0 Å². The summed E-state index contributed by atoms with van der Waals surface area (Å²) >= 11 is 0. The van der Waals surface area contributed by atoms with Crippen molar-refractivity contribution in [1.82, 2.24) is 0 Å². The highest BCUT2D eigenvalue weighted by Crippen LogP contribution is 2.67. The zero-order chi connectivity index (χ0) is 9.15. The van der Waals surface area contributed by atoms with Gasteiger partial charge in [-0.05, 0) is 23.2 Å². The van der Waals surface area contributed by atoms with Gasteiger partial charge in [0.05, 0.1) is 0 Å². The number of alkyl halides is 2. The van der Waals surface area contributed by atoms with Crippen LogP contribution in [0.25, 0.3) is 0 Å². The standard InChI is InChI=1S/C10H16F2/c1-9(2,3)8-6-4-10(11,12)5-7(6)8/h6-8H,4-5H2,1-3H3. The molecule has 0 radical (unpaired) electrons. The molecular formula is C10H16F2. The van der Waals surface area contributed by atoms with Crippen molar-refractivity contribution in [1.29, 1.82) is 0 Å². The summed E-state index contributed by atoms with van der Waals surface area (Å²) in [5.74, 6) is -1.10. The van der Waals surface area contributed by atoms with E-state index in [0.29, 0.717) is 17.8 Å². The second-order valence-corrected chi connectivity index (χ2v) is 5.48. The van der Waals surface area contributed by atoms with Crippen LogP contribution in [0, 0.1) is 23.2 Å². The molecule has 2 fully saturated rings. The van der Waals surface area contributed by atoms with Gasteiger partial charge in [-0.2, -0.15) is 0 Å². The summed E-state index contributed by atoms with van der Waals surface area (Å²) in [5.41, 5.74) is 0.242. The van der Waals surface area contributed by atoms with Crippen molar-refractivity contribution in [2.75, 3.05) is 0 Å². The maximum atomic E-state index is 12.8. The van der Waals surface area contributed by atoms with E-state index in [1.807, 2.05) is 0 Å². The Morgan fingerprint density at radius 3 is 1.83 bits per heavy atom. The van der Waals surface area contributed by atoms with E-state index in [0.717, 1.165) is 0 Å². The zero-order valence-corrected chi connectivity index (χ0v) is 7.90. The van der Waals surface area contributed by atoms with Crippen molar-refractivity contribution in [2.24, 2.45) is 23.2 Å². The monoisotopic (exact) mass is 174 g/mol. The Labute approximate surface area is 72.3 Å². The summed E-state index contributed by atoms with van der Waals surface area (Å²) in [4.78, 5) is 0. The van der Waals surface area contributed by atoms with Gasteiger partial charge in [-0.15, -0.1) is 0 Å². The molecule has 0 aromatic rings. The second-order valence-electron chi connectivity index (χ2n) is 5.48. The Bertz CT molecular complexity index is 188. The number of hydrogen-bond donors (Lipinski definition) is 0. The first-order valence-corrected chi connectivity index (χ1v) is 4.69. The van der Waals surface area contributed by atoms with Crippen LogP contribution in [0.5, 0.6) is 0 Å². The number of fused-ring (bicyclic) bond motifs is 1. The van der Waals surface area contributed by atoms with Crippen LogP contribution < -0.4 is 0 Å². The third-order valence-corrected chi connectivity index (χ3v) is 3.40. The molecule has 0 heterocycles. The fourth-order valence-electron chi connectivity index (χ4n) is 3.06. The molecular weight excluding hydrogens is 158 g/mol. The quantitative estimate of drug-likeness (QED) is 0.528. The Morgan fingerprint density at radius 1 is 1.08 bits per heavy atom. The minimum absolute atomic E-state index is 0.152. The van der Waals surface area contributed by atoms with Crippen molar-refractivity contribution in [3.05, 3.63) is 0 Å². The summed E-state index contributed by atoms with van der Waals surface area (Å²) in [6.07, 6.45) is 0.305. The van der Waals surface area contributed by atoms with Gasteiger partial charge in [-0.3, -0.25) is 0 Å². The molecule has 0 aromatic heterocycles. The highest BCUT2D eigenvalue weighted by molar-refractivity contribution is 5.10. The molecule has 2 aliphatic carbocycles. The van der Waals surface area contributed by atoms with E-state index in [9.17, 15) is 8.78 Å². The number of hydrogen-bond acceptors (Lipinski definition) is 0. The van der Waals surface area contributed by atoms with Crippen molar-refractivity contribution in [3.63, 3.8) is 0 Å². The third-order valence-electron chi connectivity index (χ3n) is 3.40. The third kappa shape index (κ3) is 1.16. The maximum Gasteiger partial charge on any atom is 0.248 e. The van der Waals surface area contributed by atoms with Crippen LogP contribution in [0.4, 0.5) is 8.78 Å². The predicted molar refractivity (Wildman–Crippen MR) is 44.1 cm³/mol. The zero-order valence-electron chi connectivity index (χ0n) is 7.90. The molecule has 0 amide bonds. The summed E-state index contributed by atoms with van der Waals surface area (Å²) in [6, 6.07) is 0. The fraction of sp³-hybridized carbons (Fsp3) is 1.00. The number of halogens is 2. The highest BCUT2D eigenvalue weighted by atomic mass is 19.3. The lowest BCUT2D eigenvalue weighted by Gasteiger charge is -2.23. The second kappa shape index (κ2) is 2.02. The van der Waals surface area contributed by atoms with Crippen LogP contribution in [0.15, 0.2) is 0 Å². The molecule has 0 bridgehead atoms. The van der Waals surface area contributed by atoms with Crippen LogP contribution in [0.2, 0.25) is 0 Å². The lowest BCUT2D eigenvalue weighted by atomic mass is 9.85. The SMILES string of the molecule is CC(C)(C)C1C2CC(F)(F)CC21. The van der Waals surface area contributed by atoms with Crippen LogP contribution in [-0.4, -0.2) is 5.92 Å². The first-order valence-electron chi connectivity index (χ1n) is 4.69. The van der Waals surface area contributed by atoms with Gasteiger partial charge in [-0.25, -0.2) is 8.78 Å². The molecule has 2 heteroatoms. The van der Waals surface area contributed by atoms with Crippen molar-refractivity contribution in [2.45, 2.75) is 39.5 Å². The van der Waals surface area contributed by atoms with Gasteiger partial charge in [0.15, 0.2) is 0 Å². The smallest absolute Gasteiger partial charge is 0.207 e. The van der Waals surface area contributed by atoms with E-state index in [4.69, 9.17) is 0 Å². The maximum absolute atomic E-state index is 12.8. The average molecular weight is 174 g/mol. The molecule has 0 aromatic carbocycles. The molecule has 2 saturated carbocycles. The molecule has 0 nitrogen and oxygen atoms in total. The molecule has 0 saturated heterocycles. The summed E-state index contributed by atoms with van der Waals surface area (Å²) in [5, 5.41) is 0. The van der Waals surface area contributed by atoms with Crippen LogP contribution >= 0.6 is 0 Å². The molecule has 70 valence electrons. The summed E-state index contributed by atoms with van der Waals surface area (Å²) < 4.78 is 25.6. The first kappa shape index (κ1) is 8.46. The van der Waals surface area contributed by atoms with E-state index >= 15 is 0 Å². The molecule has 0 N–H and O–H groups in total. The van der Waals surface area contributed by atoms with Crippen molar-refractivity contribution < 1.29 is 8.78 Å². The van der Waals surface area contributed by atoms with Crippen LogP contribution in [0.1, 0.15) is 33.6 Å². The van der Waals surface area contributed by atoms with Gasteiger partial charge in [0.1, 0.15) is 0 Å². The molecule has 2 unspecified atom stereocenters. The first-order chi connectivity index (χ1) is 5.31. The normalized spacial score (nSPS) is 44.2. The minimum Gasteiger partial charge on any atom is -0.207 e. The van der Waals surface area contributed by atoms with E-state index in [2.05, 4.69) is 20.8 Å². The Balaban J connectivity index is 2.00. The van der Waals surface area contributed by atoms with Crippen LogP contribution in [-0.2, 0) is 0 Å². The molecule has 0 aliphatic heterocycles. The Morgan fingerprint density at radius 2 is 1.50 bits per heavy atom. The summed E-state index contributed by atoms with van der Waals surface area (Å²) in [7, 11) is 0. The van der Waals surface area contributed by atoms with E-state index in [-0.39, 0.29) is 18.3 Å². The van der Waals surface area contributed by atoms with Gasteiger partial charge < -0.3 is 0 Å². The van der Waals surface area contributed by atoms with Gasteiger partial charge in [0.2, 0.25) is 5.92 Å². The fourth-order valence-corrected chi connectivity index (χ4v) is 3.06. The van der Waals surface area contributed by atoms with Crippen LogP contribution in [0.3, 0.4) is 0 Å². The molecule has 2 atom stereocenters. The van der Waals surface area contributed by atoms with E-state index in [1.54, 1.807) is 0 Å². The van der Waals surface area contributed by atoms with Gasteiger partial charge >= 0.3 is 0 Å². The van der Waals surface area contributed by atoms with Gasteiger partial charge in [-0.1, -0.05) is 20.8 Å². The summed E-state index contributed by atoms with van der Waals surface area (Å²) in [6.45, 7) is 6.48. The highest BCUT2D eigenvalue weighted by Gasteiger charge is 2.65. The minimum atomic E-state index is -2.34. The predicted octanol–water partition coefficient (Wildman–Crippen LogP) is 3.32. The van der Waals surface area contributed by atoms with Crippen molar-refractivity contribution >= 4 is 0 Å². The molecule has 2 rings (SSSR count). The molecule has 12 heavy (non-hydrogen) atoms. The molecule has 0 spiro atoms. The number of rotatable bonds is 0. The van der Waals surface area contributed by atoms with Crippen molar-refractivity contribution in [3.8, 4) is 0 Å². The average Bonchev–Trinajstić information content (AvgIpc) is 2.30. The lowest BCUT2D eigenvalue weighted by Crippen LogP contribution is -2.20. The van der Waals surface area contributed by atoms with E-state index < -0.39 is 5.92 Å². The Kier molecular flexibility index (Phi) is 1.42. The lowest BCUT2D eigenvalue weighted by molar-refractivity contribution is -0.0135. The van der Waals surface area contributed by atoms with Gasteiger partial charge in [0, 0.05) is 12.8 Å².